The smallest absolute Gasteiger partial charge is 0.410 e. The SMILES string of the molecule is CC(C)(C)OC(=O)N1CCc2c(sc3ncnc(Nc4ccc(Cl)cc4)c23)C1. The Morgan fingerprint density at radius 3 is 2.71 bits per heavy atom. The molecular formula is C20H21ClN4O2S. The van der Waals surface area contributed by atoms with Gasteiger partial charge in [0, 0.05) is 22.1 Å². The Balaban J connectivity index is 1.63. The van der Waals surface area contributed by atoms with Crippen LogP contribution < -0.4 is 5.32 Å². The molecule has 3 heterocycles. The van der Waals surface area contributed by atoms with Crippen LogP contribution in [0.3, 0.4) is 0 Å². The summed E-state index contributed by atoms with van der Waals surface area (Å²) in [7, 11) is 0. The minimum absolute atomic E-state index is 0.277. The van der Waals surface area contributed by atoms with E-state index >= 15 is 0 Å². The highest BCUT2D eigenvalue weighted by Gasteiger charge is 2.29. The maximum atomic E-state index is 12.4. The number of hydrogen-bond donors (Lipinski definition) is 1. The third-order valence-electron chi connectivity index (χ3n) is 4.40. The number of rotatable bonds is 2. The number of benzene rings is 1. The summed E-state index contributed by atoms with van der Waals surface area (Å²) in [6.45, 7) is 6.78. The molecule has 1 amide bonds. The number of fused-ring (bicyclic) bond motifs is 3. The van der Waals surface area contributed by atoms with Gasteiger partial charge in [-0.15, -0.1) is 11.3 Å². The number of amides is 1. The molecule has 28 heavy (non-hydrogen) atoms. The number of carbonyl (C=O) groups excluding carboxylic acids is 1. The minimum atomic E-state index is -0.501. The number of hydrogen-bond acceptors (Lipinski definition) is 6. The number of nitrogens with one attached hydrogen (secondary N) is 1. The number of nitrogens with zero attached hydrogens (tertiary/aromatic N) is 3. The Morgan fingerprint density at radius 2 is 2.00 bits per heavy atom. The summed E-state index contributed by atoms with van der Waals surface area (Å²) in [6.07, 6.45) is 2.03. The molecule has 0 spiro atoms. The molecule has 0 saturated carbocycles. The summed E-state index contributed by atoms with van der Waals surface area (Å²) in [5.41, 5.74) is 1.62. The number of thiophene rings is 1. The van der Waals surface area contributed by atoms with E-state index in [9.17, 15) is 4.79 Å². The Bertz CT molecular complexity index is 1030. The van der Waals surface area contributed by atoms with Crippen molar-refractivity contribution in [2.45, 2.75) is 39.3 Å². The van der Waals surface area contributed by atoms with Crippen LogP contribution in [0, 0.1) is 0 Å². The van der Waals surface area contributed by atoms with Crippen LogP contribution in [0.4, 0.5) is 16.3 Å². The van der Waals surface area contributed by atoms with E-state index in [1.54, 1.807) is 22.6 Å². The molecule has 0 atom stereocenters. The quantitative estimate of drug-likeness (QED) is 0.607. The lowest BCUT2D eigenvalue weighted by molar-refractivity contribution is 0.0227. The van der Waals surface area contributed by atoms with Crippen molar-refractivity contribution in [3.8, 4) is 0 Å². The predicted molar refractivity (Wildman–Crippen MR) is 112 cm³/mol. The minimum Gasteiger partial charge on any atom is -0.444 e. The average Bonchev–Trinajstić information content (AvgIpc) is 3.01. The van der Waals surface area contributed by atoms with Crippen molar-refractivity contribution in [1.29, 1.82) is 0 Å². The van der Waals surface area contributed by atoms with Gasteiger partial charge in [0.1, 0.15) is 22.6 Å². The molecule has 6 nitrogen and oxygen atoms in total. The standard InChI is InChI=1S/C20H21ClN4O2S/c1-20(2,3)27-19(26)25-9-8-14-15(10-25)28-18-16(14)17(22-11-23-18)24-13-6-4-12(21)5-7-13/h4-7,11H,8-10H2,1-3H3,(H,22,23,24). The molecule has 3 aromatic rings. The van der Waals surface area contributed by atoms with Gasteiger partial charge in [-0.3, -0.25) is 0 Å². The van der Waals surface area contributed by atoms with Gasteiger partial charge < -0.3 is 15.0 Å². The average molecular weight is 417 g/mol. The normalized spacial score (nSPS) is 14.1. The molecule has 4 rings (SSSR count). The number of carbonyl (C=O) groups is 1. The largest absolute Gasteiger partial charge is 0.444 e. The number of anilines is 2. The number of halogens is 1. The van der Waals surface area contributed by atoms with Gasteiger partial charge in [-0.2, -0.15) is 0 Å². The molecule has 0 unspecified atom stereocenters. The lowest BCUT2D eigenvalue weighted by Crippen LogP contribution is -2.39. The second-order valence-corrected chi connectivity index (χ2v) is 9.21. The topological polar surface area (TPSA) is 67.3 Å². The fraction of sp³-hybridized carbons (Fsp3) is 0.350. The van der Waals surface area contributed by atoms with E-state index in [2.05, 4.69) is 15.3 Å². The summed E-state index contributed by atoms with van der Waals surface area (Å²) in [6, 6.07) is 7.51. The van der Waals surface area contributed by atoms with Crippen LogP contribution in [0.5, 0.6) is 0 Å². The molecule has 0 fully saturated rings. The zero-order chi connectivity index (χ0) is 19.9. The van der Waals surface area contributed by atoms with Gasteiger partial charge in [0.2, 0.25) is 0 Å². The summed E-state index contributed by atoms with van der Waals surface area (Å²) in [5, 5.41) is 5.08. The third-order valence-corrected chi connectivity index (χ3v) is 5.77. The molecule has 8 heteroatoms. The van der Waals surface area contributed by atoms with E-state index in [1.165, 1.54) is 5.56 Å². The third kappa shape index (κ3) is 3.91. The molecular weight excluding hydrogens is 396 g/mol. The first kappa shape index (κ1) is 19.0. The van der Waals surface area contributed by atoms with Crippen LogP contribution in [0.2, 0.25) is 5.02 Å². The second kappa shape index (κ2) is 7.22. The highest BCUT2D eigenvalue weighted by molar-refractivity contribution is 7.19. The van der Waals surface area contributed by atoms with Gasteiger partial charge in [-0.05, 0) is 57.0 Å². The zero-order valence-corrected chi connectivity index (χ0v) is 17.5. The molecule has 1 aliphatic heterocycles. The van der Waals surface area contributed by atoms with E-state index in [1.807, 2.05) is 45.0 Å². The number of ether oxygens (including phenoxy) is 1. The lowest BCUT2D eigenvalue weighted by atomic mass is 10.1. The molecule has 1 aromatic carbocycles. The maximum Gasteiger partial charge on any atom is 0.410 e. The zero-order valence-electron chi connectivity index (χ0n) is 16.0. The van der Waals surface area contributed by atoms with Gasteiger partial charge in [0.25, 0.3) is 0 Å². The summed E-state index contributed by atoms with van der Waals surface area (Å²) in [5.74, 6) is 0.774. The van der Waals surface area contributed by atoms with E-state index < -0.39 is 5.60 Å². The van der Waals surface area contributed by atoms with Crippen LogP contribution in [0.15, 0.2) is 30.6 Å². The van der Waals surface area contributed by atoms with Crippen LogP contribution in [-0.4, -0.2) is 33.1 Å². The van der Waals surface area contributed by atoms with Gasteiger partial charge in [-0.25, -0.2) is 14.8 Å². The van der Waals surface area contributed by atoms with E-state index in [-0.39, 0.29) is 6.09 Å². The molecule has 1 N–H and O–H groups in total. The Hall–Kier alpha value is -2.38. The van der Waals surface area contributed by atoms with Gasteiger partial charge in [-0.1, -0.05) is 11.6 Å². The molecule has 2 aromatic heterocycles. The Morgan fingerprint density at radius 1 is 1.25 bits per heavy atom. The van der Waals surface area contributed by atoms with E-state index in [0.29, 0.717) is 18.1 Å². The van der Waals surface area contributed by atoms with Crippen LogP contribution in [0.1, 0.15) is 31.2 Å². The highest BCUT2D eigenvalue weighted by Crippen LogP contribution is 2.38. The first-order chi connectivity index (χ1) is 13.3. The van der Waals surface area contributed by atoms with Gasteiger partial charge in [0.05, 0.1) is 11.9 Å². The maximum absolute atomic E-state index is 12.4. The molecule has 0 aliphatic carbocycles. The summed E-state index contributed by atoms with van der Waals surface area (Å²) in [4.78, 5) is 25.1. The molecule has 0 radical (unpaired) electrons. The van der Waals surface area contributed by atoms with Gasteiger partial charge in [0.15, 0.2) is 0 Å². The van der Waals surface area contributed by atoms with Crippen molar-refractivity contribution in [2.75, 3.05) is 11.9 Å². The first-order valence-corrected chi connectivity index (χ1v) is 10.3. The Labute approximate surface area is 172 Å². The van der Waals surface area contributed by atoms with Crippen molar-refractivity contribution < 1.29 is 9.53 Å². The Kier molecular flexibility index (Phi) is 4.89. The van der Waals surface area contributed by atoms with Crippen LogP contribution in [-0.2, 0) is 17.7 Å². The van der Waals surface area contributed by atoms with Crippen molar-refractivity contribution in [3.63, 3.8) is 0 Å². The first-order valence-electron chi connectivity index (χ1n) is 9.06. The van der Waals surface area contributed by atoms with E-state index in [0.717, 1.165) is 33.0 Å². The molecule has 1 aliphatic rings. The monoisotopic (exact) mass is 416 g/mol. The fourth-order valence-electron chi connectivity index (χ4n) is 3.17. The predicted octanol–water partition coefficient (Wildman–Crippen LogP) is 5.38. The van der Waals surface area contributed by atoms with Crippen molar-refractivity contribution in [2.24, 2.45) is 0 Å². The highest BCUT2D eigenvalue weighted by atomic mass is 35.5. The molecule has 0 saturated heterocycles. The van der Waals surface area contributed by atoms with Crippen molar-refractivity contribution in [3.05, 3.63) is 46.1 Å². The fourth-order valence-corrected chi connectivity index (χ4v) is 4.50. The molecule has 0 bridgehead atoms. The number of aromatic nitrogens is 2. The van der Waals surface area contributed by atoms with Crippen LogP contribution in [0.25, 0.3) is 10.2 Å². The van der Waals surface area contributed by atoms with Crippen molar-refractivity contribution in [1.82, 2.24) is 14.9 Å². The van der Waals surface area contributed by atoms with Gasteiger partial charge >= 0.3 is 6.09 Å². The summed E-state index contributed by atoms with van der Waals surface area (Å²) < 4.78 is 5.52. The lowest BCUT2D eigenvalue weighted by Gasteiger charge is -2.30. The molecule has 146 valence electrons. The second-order valence-electron chi connectivity index (χ2n) is 7.69. The summed E-state index contributed by atoms with van der Waals surface area (Å²) >= 11 is 7.58. The van der Waals surface area contributed by atoms with E-state index in [4.69, 9.17) is 16.3 Å². The van der Waals surface area contributed by atoms with Crippen molar-refractivity contribution >= 4 is 50.8 Å². The van der Waals surface area contributed by atoms with Crippen LogP contribution >= 0.6 is 22.9 Å².